The predicted octanol–water partition coefficient (Wildman–Crippen LogP) is 4.35. The number of hydrogen-bond donors (Lipinski definition) is 2. The average molecular weight is 538 g/mol. The smallest absolute Gasteiger partial charge is 0.307 e. The highest BCUT2D eigenvalue weighted by Gasteiger charge is 2.28. The number of rotatable bonds is 9. The van der Waals surface area contributed by atoms with E-state index in [1.54, 1.807) is 47.2 Å². The maximum atomic E-state index is 14.1. The molecular formula is C28H25ClFN3O5. The van der Waals surface area contributed by atoms with Crippen LogP contribution in [0.1, 0.15) is 27.1 Å². The molecule has 0 bridgehead atoms. The molecule has 5 rings (SSSR count). The molecule has 8 nitrogen and oxygen atoms in total. The number of nitrogens with zero attached hydrogens (tertiary/aromatic N) is 2. The second-order valence-corrected chi connectivity index (χ2v) is 9.87. The molecule has 0 aliphatic carbocycles. The molecule has 196 valence electrons. The van der Waals surface area contributed by atoms with Crippen molar-refractivity contribution in [2.45, 2.75) is 13.0 Å². The minimum absolute atomic E-state index is 0.127. The largest absolute Gasteiger partial charge is 0.485 e. The summed E-state index contributed by atoms with van der Waals surface area (Å²) in [5.74, 6) is -2.49. The zero-order chi connectivity index (χ0) is 27.0. The fraction of sp³-hybridized carbons (Fsp3) is 0.250. The van der Waals surface area contributed by atoms with Gasteiger partial charge in [-0.1, -0.05) is 17.7 Å². The van der Waals surface area contributed by atoms with E-state index in [1.807, 2.05) is 4.90 Å². The molecule has 0 radical (unpaired) electrons. The standard InChI is InChI=1S/C28H25ClFN3O5/c29-19-2-1-16-11-26(22(27(31)35)10-18(16)9-19)38-15-25(34)23-14-33(24-12-20(30)3-4-21(23)24)8-7-32-6-5-17(13-32)28(36)37/h1-4,9-12,14,17H,5-8,13,15H2,(H2,31,35)(H,36,37). The second kappa shape index (κ2) is 10.4. The Morgan fingerprint density at radius 3 is 2.61 bits per heavy atom. The summed E-state index contributed by atoms with van der Waals surface area (Å²) in [5, 5.41) is 11.8. The molecule has 10 heteroatoms. The zero-order valence-electron chi connectivity index (χ0n) is 20.3. The van der Waals surface area contributed by atoms with Crippen molar-refractivity contribution < 1.29 is 28.6 Å². The van der Waals surface area contributed by atoms with Crippen LogP contribution in [0.15, 0.2) is 54.7 Å². The van der Waals surface area contributed by atoms with Crippen LogP contribution in [0.3, 0.4) is 0 Å². The first-order chi connectivity index (χ1) is 18.2. The molecule has 1 atom stereocenters. The number of Topliss-reactive ketones (excluding diaryl/α,β-unsaturated/α-hetero) is 1. The van der Waals surface area contributed by atoms with E-state index in [1.165, 1.54) is 12.1 Å². The molecule has 0 saturated carbocycles. The Labute approximate surface area is 222 Å². The van der Waals surface area contributed by atoms with Crippen LogP contribution in [0.5, 0.6) is 5.75 Å². The van der Waals surface area contributed by atoms with Crippen LogP contribution in [0.4, 0.5) is 4.39 Å². The number of carbonyl (C=O) groups is 3. The van der Waals surface area contributed by atoms with E-state index in [4.69, 9.17) is 22.1 Å². The Morgan fingerprint density at radius 1 is 1.05 bits per heavy atom. The Kier molecular flexibility index (Phi) is 7.05. The predicted molar refractivity (Wildman–Crippen MR) is 141 cm³/mol. The van der Waals surface area contributed by atoms with Gasteiger partial charge >= 0.3 is 5.97 Å². The SMILES string of the molecule is NC(=O)c1cc2cc(Cl)ccc2cc1OCC(=O)c1cn(CCN2CCC(C(=O)O)C2)c2cc(F)ccc12. The van der Waals surface area contributed by atoms with Crippen molar-refractivity contribution in [3.63, 3.8) is 0 Å². The number of hydrogen-bond acceptors (Lipinski definition) is 5. The third-order valence-electron chi connectivity index (χ3n) is 6.95. The number of benzene rings is 3. The molecule has 1 aliphatic rings. The van der Waals surface area contributed by atoms with Crippen LogP contribution >= 0.6 is 11.6 Å². The number of carboxylic acid groups (broad SMARTS) is 1. The van der Waals surface area contributed by atoms with Crippen LogP contribution in [-0.2, 0) is 11.3 Å². The molecule has 3 N–H and O–H groups in total. The molecule has 1 fully saturated rings. The maximum Gasteiger partial charge on any atom is 0.307 e. The number of halogens is 2. The fourth-order valence-electron chi connectivity index (χ4n) is 4.94. The lowest BCUT2D eigenvalue weighted by Gasteiger charge is -2.16. The molecule has 1 amide bonds. The normalized spacial score (nSPS) is 15.8. The van der Waals surface area contributed by atoms with Gasteiger partial charge in [0.2, 0.25) is 5.78 Å². The summed E-state index contributed by atoms with van der Waals surface area (Å²) in [6, 6.07) is 12.6. The van der Waals surface area contributed by atoms with Gasteiger partial charge in [-0.3, -0.25) is 14.4 Å². The lowest BCUT2D eigenvalue weighted by molar-refractivity contribution is -0.141. The highest BCUT2D eigenvalue weighted by molar-refractivity contribution is 6.31. The summed E-state index contributed by atoms with van der Waals surface area (Å²) in [6.07, 6.45) is 2.25. The Hall–Kier alpha value is -3.95. The summed E-state index contributed by atoms with van der Waals surface area (Å²) < 4.78 is 21.7. The van der Waals surface area contributed by atoms with Crippen molar-refractivity contribution in [3.05, 3.63) is 76.7 Å². The minimum atomic E-state index is -0.802. The maximum absolute atomic E-state index is 14.1. The van der Waals surface area contributed by atoms with Crippen LogP contribution < -0.4 is 10.5 Å². The fourth-order valence-corrected chi connectivity index (χ4v) is 5.12. The van der Waals surface area contributed by atoms with Crippen LogP contribution in [0.25, 0.3) is 21.7 Å². The quantitative estimate of drug-likeness (QED) is 0.307. The lowest BCUT2D eigenvalue weighted by atomic mass is 10.1. The number of aliphatic carboxylic acids is 1. The number of ether oxygens (including phenoxy) is 1. The van der Waals surface area contributed by atoms with Gasteiger partial charge in [0.15, 0.2) is 6.61 Å². The summed E-state index contributed by atoms with van der Waals surface area (Å²) in [4.78, 5) is 38.6. The Morgan fingerprint density at radius 2 is 1.87 bits per heavy atom. The first-order valence-electron chi connectivity index (χ1n) is 12.1. The lowest BCUT2D eigenvalue weighted by Crippen LogP contribution is -2.26. The van der Waals surface area contributed by atoms with Gasteiger partial charge in [0.25, 0.3) is 5.91 Å². The molecule has 2 heterocycles. The van der Waals surface area contributed by atoms with Gasteiger partial charge in [-0.05, 0) is 66.2 Å². The molecule has 1 aliphatic heterocycles. The number of carbonyl (C=O) groups excluding carboxylic acids is 2. The topological polar surface area (TPSA) is 115 Å². The molecule has 3 aromatic carbocycles. The number of aromatic nitrogens is 1. The molecule has 0 spiro atoms. The molecule has 1 saturated heterocycles. The summed E-state index contributed by atoms with van der Waals surface area (Å²) in [7, 11) is 0. The van der Waals surface area contributed by atoms with Crippen molar-refractivity contribution in [1.29, 1.82) is 0 Å². The van der Waals surface area contributed by atoms with E-state index in [0.29, 0.717) is 59.5 Å². The van der Waals surface area contributed by atoms with Crippen molar-refractivity contribution in [3.8, 4) is 5.75 Å². The monoisotopic (exact) mass is 537 g/mol. The molecule has 4 aromatic rings. The second-order valence-electron chi connectivity index (χ2n) is 9.44. The van der Waals surface area contributed by atoms with E-state index in [-0.39, 0.29) is 29.6 Å². The van der Waals surface area contributed by atoms with Crippen molar-refractivity contribution >= 4 is 50.9 Å². The van der Waals surface area contributed by atoms with Crippen LogP contribution in [0.2, 0.25) is 5.02 Å². The molecule has 1 aromatic heterocycles. The number of carboxylic acids is 1. The third-order valence-corrected chi connectivity index (χ3v) is 7.18. The Balaban J connectivity index is 1.37. The molecule has 38 heavy (non-hydrogen) atoms. The van der Waals surface area contributed by atoms with E-state index in [2.05, 4.69) is 0 Å². The summed E-state index contributed by atoms with van der Waals surface area (Å²) >= 11 is 6.05. The van der Waals surface area contributed by atoms with E-state index >= 15 is 0 Å². The van der Waals surface area contributed by atoms with E-state index in [9.17, 15) is 23.9 Å². The van der Waals surface area contributed by atoms with Gasteiger partial charge in [0.05, 0.1) is 17.0 Å². The van der Waals surface area contributed by atoms with Crippen LogP contribution in [-0.4, -0.2) is 58.5 Å². The van der Waals surface area contributed by atoms with E-state index < -0.39 is 17.7 Å². The van der Waals surface area contributed by atoms with Gasteiger partial charge in [-0.15, -0.1) is 0 Å². The van der Waals surface area contributed by atoms with Gasteiger partial charge in [-0.2, -0.15) is 0 Å². The minimum Gasteiger partial charge on any atom is -0.485 e. The van der Waals surface area contributed by atoms with Gasteiger partial charge < -0.3 is 25.0 Å². The highest BCUT2D eigenvalue weighted by atomic mass is 35.5. The number of likely N-dealkylation sites (tertiary alicyclic amines) is 1. The number of ketones is 1. The number of nitrogens with two attached hydrogens (primary N) is 1. The zero-order valence-corrected chi connectivity index (χ0v) is 21.1. The molecular weight excluding hydrogens is 513 g/mol. The number of fused-ring (bicyclic) bond motifs is 2. The molecule has 1 unspecified atom stereocenters. The van der Waals surface area contributed by atoms with Gasteiger partial charge in [0, 0.05) is 41.8 Å². The van der Waals surface area contributed by atoms with Crippen LogP contribution in [0, 0.1) is 11.7 Å². The summed E-state index contributed by atoms with van der Waals surface area (Å²) in [6.45, 7) is 1.80. The average Bonchev–Trinajstić information content (AvgIpc) is 3.50. The van der Waals surface area contributed by atoms with Gasteiger partial charge in [0.1, 0.15) is 11.6 Å². The van der Waals surface area contributed by atoms with Crippen molar-refractivity contribution in [1.82, 2.24) is 9.47 Å². The first kappa shape index (κ1) is 25.7. The third kappa shape index (κ3) is 5.20. The number of primary amides is 1. The van der Waals surface area contributed by atoms with Gasteiger partial charge in [-0.25, -0.2) is 4.39 Å². The summed E-state index contributed by atoms with van der Waals surface area (Å²) in [5.41, 5.74) is 6.60. The number of amides is 1. The highest BCUT2D eigenvalue weighted by Crippen LogP contribution is 2.29. The van der Waals surface area contributed by atoms with E-state index in [0.717, 1.165) is 5.39 Å². The first-order valence-corrected chi connectivity index (χ1v) is 12.5. The van der Waals surface area contributed by atoms with Crippen molar-refractivity contribution in [2.75, 3.05) is 26.2 Å². The Bertz CT molecular complexity index is 1580. The van der Waals surface area contributed by atoms with Crippen molar-refractivity contribution in [2.24, 2.45) is 11.7 Å².